The summed E-state index contributed by atoms with van der Waals surface area (Å²) >= 11 is 0. The van der Waals surface area contributed by atoms with Crippen molar-refractivity contribution in [3.05, 3.63) is 78.0 Å². The van der Waals surface area contributed by atoms with E-state index in [-0.39, 0.29) is 36.9 Å². The number of piperidine rings is 1. The van der Waals surface area contributed by atoms with E-state index in [4.69, 9.17) is 23.7 Å². The quantitative estimate of drug-likeness (QED) is 0.142. The number of benzene rings is 3. The van der Waals surface area contributed by atoms with Crippen molar-refractivity contribution in [1.29, 1.82) is 0 Å². The van der Waals surface area contributed by atoms with Gasteiger partial charge in [0.1, 0.15) is 22.8 Å². The van der Waals surface area contributed by atoms with Crippen LogP contribution in [0.1, 0.15) is 63.5 Å². The lowest BCUT2D eigenvalue weighted by Gasteiger charge is -2.41. The number of aromatic nitrogens is 1. The molecular weight excluding hydrogens is 700 g/mol. The highest BCUT2D eigenvalue weighted by Crippen LogP contribution is 2.44. The van der Waals surface area contributed by atoms with E-state index in [1.807, 2.05) is 62.1 Å². The molecule has 2 aliphatic heterocycles. The highest BCUT2D eigenvalue weighted by molar-refractivity contribution is 6.01. The lowest BCUT2D eigenvalue weighted by atomic mass is 9.78. The van der Waals surface area contributed by atoms with Gasteiger partial charge in [-0.2, -0.15) is 0 Å². The van der Waals surface area contributed by atoms with Crippen LogP contribution in [-0.4, -0.2) is 93.2 Å². The van der Waals surface area contributed by atoms with E-state index >= 15 is 4.79 Å². The van der Waals surface area contributed by atoms with Crippen molar-refractivity contribution in [3.63, 3.8) is 0 Å². The highest BCUT2D eigenvalue weighted by Gasteiger charge is 2.44. The molecule has 3 aliphatic rings. The molecular formula is C43H52N4O8. The fourth-order valence-electron chi connectivity index (χ4n) is 7.91. The zero-order chi connectivity index (χ0) is 38.9. The molecule has 0 unspecified atom stereocenters. The first-order valence-electron chi connectivity index (χ1n) is 19.1. The van der Waals surface area contributed by atoms with E-state index < -0.39 is 17.6 Å². The first-order chi connectivity index (χ1) is 26.5. The number of hydrogen-bond acceptors (Lipinski definition) is 8. The summed E-state index contributed by atoms with van der Waals surface area (Å²) in [6.07, 6.45) is 4.66. The Hall–Kier alpha value is -5.23. The van der Waals surface area contributed by atoms with Crippen LogP contribution in [0.2, 0.25) is 0 Å². The van der Waals surface area contributed by atoms with Crippen LogP contribution in [-0.2, 0) is 25.6 Å². The second-order valence-corrected chi connectivity index (χ2v) is 15.6. The number of likely N-dealkylation sites (tertiary alicyclic amines) is 1. The van der Waals surface area contributed by atoms with Crippen molar-refractivity contribution >= 4 is 40.2 Å². The maximum Gasteiger partial charge on any atom is 0.410 e. The molecule has 55 heavy (non-hydrogen) atoms. The molecule has 3 amide bonds. The standard InChI is InChI=1S/C43H52N4O8/c1-43(2,3)55-42(50)45-19-15-34(33-9-7-10-37-35(33)16-18-44(37)25-28-21-31(52-5)24-32(22-28)53-6)36(26-45)41(49)47(29-11-12-29)30-13-14-39-38(23-30)46(17-8-20-51-4)40(48)27-54-39/h7,9-10,13-14,16,18,21-24,29,34,36H,8,11-12,15,17,19-20,25-27H2,1-6H3/t34-,36+/m1/s1. The third kappa shape index (κ3) is 8.24. The van der Waals surface area contributed by atoms with Gasteiger partial charge in [0.15, 0.2) is 6.61 Å². The average molecular weight is 753 g/mol. The Bertz CT molecular complexity index is 2030. The molecule has 0 radical (unpaired) electrons. The van der Waals surface area contributed by atoms with E-state index in [9.17, 15) is 9.59 Å². The molecule has 292 valence electrons. The van der Waals surface area contributed by atoms with Crippen LogP contribution >= 0.6 is 0 Å². The van der Waals surface area contributed by atoms with E-state index in [0.717, 1.165) is 46.4 Å². The second kappa shape index (κ2) is 15.9. The Balaban J connectivity index is 1.24. The number of anilines is 2. The Morgan fingerprint density at radius 1 is 0.945 bits per heavy atom. The van der Waals surface area contributed by atoms with Gasteiger partial charge in [-0.1, -0.05) is 12.1 Å². The van der Waals surface area contributed by atoms with Gasteiger partial charge >= 0.3 is 6.09 Å². The normalized spacial score (nSPS) is 18.5. The maximum atomic E-state index is 15.2. The van der Waals surface area contributed by atoms with Gasteiger partial charge in [-0.15, -0.1) is 0 Å². The SMILES string of the molecule is COCCCN1C(=O)COc2ccc(N(C(=O)[C@H]3CN(C(=O)OC(C)(C)C)CC[C@@H]3c3cccc4c3ccn4Cc3cc(OC)cc(OC)c3)C3CC3)cc21. The van der Waals surface area contributed by atoms with Gasteiger partial charge in [0.05, 0.1) is 25.8 Å². The van der Waals surface area contributed by atoms with Gasteiger partial charge in [0, 0.05) is 74.8 Å². The lowest BCUT2D eigenvalue weighted by Crippen LogP contribution is -2.51. The average Bonchev–Trinajstić information content (AvgIpc) is 3.93. The second-order valence-electron chi connectivity index (χ2n) is 15.6. The molecule has 1 aromatic heterocycles. The zero-order valence-corrected chi connectivity index (χ0v) is 32.7. The monoisotopic (exact) mass is 752 g/mol. The number of fused-ring (bicyclic) bond motifs is 2. The minimum atomic E-state index is -0.674. The summed E-state index contributed by atoms with van der Waals surface area (Å²) in [7, 11) is 4.93. The molecule has 2 fully saturated rings. The first-order valence-corrected chi connectivity index (χ1v) is 19.1. The van der Waals surface area contributed by atoms with Crippen LogP contribution in [0.3, 0.4) is 0 Å². The summed E-state index contributed by atoms with van der Waals surface area (Å²) in [5.41, 5.74) is 3.85. The molecule has 7 rings (SSSR count). The summed E-state index contributed by atoms with van der Waals surface area (Å²) in [4.78, 5) is 47.1. The van der Waals surface area contributed by atoms with Crippen LogP contribution in [0.4, 0.5) is 16.2 Å². The molecule has 12 heteroatoms. The van der Waals surface area contributed by atoms with Crippen LogP contribution in [0, 0.1) is 5.92 Å². The summed E-state index contributed by atoms with van der Waals surface area (Å²) < 4.78 is 30.2. The molecule has 1 saturated heterocycles. The summed E-state index contributed by atoms with van der Waals surface area (Å²) in [6, 6.07) is 20.0. The van der Waals surface area contributed by atoms with Crippen molar-refractivity contribution in [2.45, 2.75) is 70.6 Å². The number of nitrogens with zero attached hydrogens (tertiary/aromatic N) is 4. The van der Waals surface area contributed by atoms with Crippen LogP contribution in [0.15, 0.2) is 66.9 Å². The third-order valence-electron chi connectivity index (χ3n) is 10.6. The van der Waals surface area contributed by atoms with Crippen LogP contribution in [0.5, 0.6) is 17.2 Å². The minimum absolute atomic E-state index is 0.0157. The molecule has 0 N–H and O–H groups in total. The summed E-state index contributed by atoms with van der Waals surface area (Å²) in [5.74, 6) is 1.16. The Labute approximate surface area is 322 Å². The van der Waals surface area contributed by atoms with Gasteiger partial charge < -0.3 is 43.0 Å². The number of carbonyl (C=O) groups is 3. The largest absolute Gasteiger partial charge is 0.497 e. The Kier molecular flexibility index (Phi) is 11.0. The molecule has 1 aliphatic carbocycles. The number of methoxy groups -OCH3 is 3. The van der Waals surface area contributed by atoms with E-state index in [0.29, 0.717) is 56.2 Å². The Morgan fingerprint density at radius 2 is 1.71 bits per heavy atom. The smallest absolute Gasteiger partial charge is 0.410 e. The van der Waals surface area contributed by atoms with Crippen molar-refractivity contribution < 1.29 is 38.1 Å². The highest BCUT2D eigenvalue weighted by atomic mass is 16.6. The summed E-state index contributed by atoms with van der Waals surface area (Å²) in [5, 5.41) is 1.07. The number of ether oxygens (including phenoxy) is 5. The van der Waals surface area contributed by atoms with Crippen molar-refractivity contribution in [3.8, 4) is 17.2 Å². The van der Waals surface area contributed by atoms with Crippen LogP contribution < -0.4 is 24.0 Å². The number of hydrogen-bond donors (Lipinski definition) is 0. The molecule has 12 nitrogen and oxygen atoms in total. The van der Waals surface area contributed by atoms with Gasteiger partial charge in [-0.05, 0) is 106 Å². The number of carbonyl (C=O) groups excluding carboxylic acids is 3. The molecule has 0 spiro atoms. The van der Waals surface area contributed by atoms with Crippen molar-refractivity contribution in [2.75, 3.05) is 64.0 Å². The number of rotatable bonds is 12. The predicted octanol–water partition coefficient (Wildman–Crippen LogP) is 7.00. The van der Waals surface area contributed by atoms with Gasteiger partial charge in [0.25, 0.3) is 5.91 Å². The van der Waals surface area contributed by atoms with E-state index in [1.165, 1.54) is 0 Å². The lowest BCUT2D eigenvalue weighted by molar-refractivity contribution is -0.124. The molecule has 3 heterocycles. The zero-order valence-electron chi connectivity index (χ0n) is 32.7. The van der Waals surface area contributed by atoms with Crippen molar-refractivity contribution in [1.82, 2.24) is 9.47 Å². The third-order valence-corrected chi connectivity index (χ3v) is 10.6. The van der Waals surface area contributed by atoms with Gasteiger partial charge in [-0.25, -0.2) is 4.79 Å². The van der Waals surface area contributed by atoms with Gasteiger partial charge in [0.2, 0.25) is 5.91 Å². The summed E-state index contributed by atoms with van der Waals surface area (Å²) in [6.45, 7) is 7.81. The molecule has 3 aromatic carbocycles. The predicted molar refractivity (Wildman–Crippen MR) is 211 cm³/mol. The fraction of sp³-hybridized carbons (Fsp3) is 0.465. The molecule has 2 atom stereocenters. The fourth-order valence-corrected chi connectivity index (χ4v) is 7.91. The van der Waals surface area contributed by atoms with Crippen molar-refractivity contribution in [2.24, 2.45) is 5.92 Å². The molecule has 0 bridgehead atoms. The first kappa shape index (κ1) is 38.1. The van der Waals surface area contributed by atoms with E-state index in [1.54, 1.807) is 31.1 Å². The molecule has 4 aromatic rings. The maximum absolute atomic E-state index is 15.2. The minimum Gasteiger partial charge on any atom is -0.497 e. The topological polar surface area (TPSA) is 112 Å². The molecule has 1 saturated carbocycles. The van der Waals surface area contributed by atoms with E-state index in [2.05, 4.69) is 35.0 Å². The number of amides is 3. The van der Waals surface area contributed by atoms with Crippen LogP contribution in [0.25, 0.3) is 10.9 Å². The van der Waals surface area contributed by atoms with Gasteiger partial charge in [-0.3, -0.25) is 9.59 Å². The Morgan fingerprint density at radius 3 is 2.40 bits per heavy atom.